The molecule has 1 N–H and O–H groups in total. The van der Waals surface area contributed by atoms with Crippen LogP contribution in [0.25, 0.3) is 21.3 Å². The predicted molar refractivity (Wildman–Crippen MR) is 114 cm³/mol. The van der Waals surface area contributed by atoms with Gasteiger partial charge in [0, 0.05) is 10.4 Å². The van der Waals surface area contributed by atoms with Crippen molar-refractivity contribution < 1.29 is 9.53 Å². The number of hydrogen-bond donors (Lipinski definition) is 1. The maximum Gasteiger partial charge on any atom is 0.316 e. The third kappa shape index (κ3) is 4.15. The number of thioether (sulfide) groups is 1. The molecule has 1 aromatic carbocycles. The van der Waals surface area contributed by atoms with Gasteiger partial charge in [-0.2, -0.15) is 0 Å². The summed E-state index contributed by atoms with van der Waals surface area (Å²) in [5, 5.41) is 1.07. The minimum Gasteiger partial charge on any atom is -0.462 e. The fourth-order valence-corrected chi connectivity index (χ4v) is 5.40. The Kier molecular flexibility index (Phi) is 5.82. The fraction of sp³-hybridized carbons (Fsp3) is 0.381. The van der Waals surface area contributed by atoms with Crippen LogP contribution in [0.15, 0.2) is 40.3 Å². The third-order valence-corrected chi connectivity index (χ3v) is 6.80. The van der Waals surface area contributed by atoms with Crippen LogP contribution in [0.2, 0.25) is 0 Å². The topological polar surface area (TPSA) is 72.0 Å². The SMILES string of the molecule is Cc1sc2nc(SCC(=O)OC3CCCCC3)[nH]c(=O)c2c1-c1ccccc1. The van der Waals surface area contributed by atoms with Gasteiger partial charge in [0.1, 0.15) is 10.9 Å². The number of fused-ring (bicyclic) bond motifs is 1. The maximum absolute atomic E-state index is 12.8. The van der Waals surface area contributed by atoms with Gasteiger partial charge in [-0.3, -0.25) is 9.59 Å². The molecule has 5 nitrogen and oxygen atoms in total. The molecule has 0 radical (unpaired) electrons. The van der Waals surface area contributed by atoms with Crippen LogP contribution >= 0.6 is 23.1 Å². The van der Waals surface area contributed by atoms with E-state index in [9.17, 15) is 9.59 Å². The Morgan fingerprint density at radius 3 is 2.75 bits per heavy atom. The summed E-state index contributed by atoms with van der Waals surface area (Å²) >= 11 is 2.73. The molecule has 3 aromatic rings. The average molecular weight is 415 g/mol. The predicted octanol–water partition coefficient (Wildman–Crippen LogP) is 4.93. The number of carbonyl (C=O) groups is 1. The molecule has 0 saturated heterocycles. The van der Waals surface area contributed by atoms with Crippen LogP contribution in [0.4, 0.5) is 0 Å². The molecule has 1 fully saturated rings. The van der Waals surface area contributed by atoms with Crippen molar-refractivity contribution in [3.8, 4) is 11.1 Å². The Labute approximate surface area is 171 Å². The summed E-state index contributed by atoms with van der Waals surface area (Å²) in [5.74, 6) is -0.0899. The normalized spacial score (nSPS) is 15.0. The van der Waals surface area contributed by atoms with E-state index >= 15 is 0 Å². The highest BCUT2D eigenvalue weighted by molar-refractivity contribution is 7.99. The van der Waals surface area contributed by atoms with E-state index in [4.69, 9.17) is 4.74 Å². The lowest BCUT2D eigenvalue weighted by Crippen LogP contribution is -2.22. The van der Waals surface area contributed by atoms with Crippen LogP contribution in [-0.4, -0.2) is 27.8 Å². The summed E-state index contributed by atoms with van der Waals surface area (Å²) in [4.78, 5) is 34.0. The number of ether oxygens (including phenoxy) is 1. The standard InChI is InChI=1S/C21H22N2O3S2/c1-13-17(14-8-4-2-5-9-14)18-19(25)22-21(23-20(18)28-13)27-12-16(24)26-15-10-6-3-7-11-15/h2,4-5,8-9,15H,3,6-7,10-12H2,1H3,(H,22,23,25). The molecule has 0 aliphatic heterocycles. The largest absolute Gasteiger partial charge is 0.462 e. The Hall–Kier alpha value is -2.12. The number of thiophene rings is 1. The van der Waals surface area contributed by atoms with E-state index in [1.54, 1.807) is 0 Å². The lowest BCUT2D eigenvalue weighted by atomic mass is 9.98. The molecule has 0 unspecified atom stereocenters. The molecule has 2 heterocycles. The minimum atomic E-state index is -0.244. The van der Waals surface area contributed by atoms with Gasteiger partial charge >= 0.3 is 5.97 Å². The van der Waals surface area contributed by atoms with Gasteiger partial charge < -0.3 is 9.72 Å². The van der Waals surface area contributed by atoms with E-state index in [2.05, 4.69) is 9.97 Å². The zero-order valence-corrected chi connectivity index (χ0v) is 17.3. The first-order valence-corrected chi connectivity index (χ1v) is 11.3. The molecule has 0 bridgehead atoms. The average Bonchev–Trinajstić information content (AvgIpc) is 3.04. The molecule has 146 valence electrons. The van der Waals surface area contributed by atoms with Gasteiger partial charge in [0.05, 0.1) is 11.1 Å². The number of benzene rings is 1. The summed E-state index contributed by atoms with van der Waals surface area (Å²) in [6, 6.07) is 9.87. The number of esters is 1. The number of hydrogen-bond acceptors (Lipinski definition) is 6. The van der Waals surface area contributed by atoms with Crippen LogP contribution in [0.3, 0.4) is 0 Å². The van der Waals surface area contributed by atoms with E-state index in [1.165, 1.54) is 29.5 Å². The molecular formula is C21H22N2O3S2. The molecular weight excluding hydrogens is 392 g/mol. The van der Waals surface area contributed by atoms with Crippen LogP contribution < -0.4 is 5.56 Å². The lowest BCUT2D eigenvalue weighted by Gasteiger charge is -2.21. The number of nitrogens with one attached hydrogen (secondary N) is 1. The summed E-state index contributed by atoms with van der Waals surface area (Å²) < 4.78 is 5.53. The lowest BCUT2D eigenvalue weighted by molar-refractivity contribution is -0.147. The van der Waals surface area contributed by atoms with Gasteiger partial charge in [-0.25, -0.2) is 4.98 Å². The van der Waals surface area contributed by atoms with Crippen molar-refractivity contribution in [1.29, 1.82) is 0 Å². The zero-order valence-electron chi connectivity index (χ0n) is 15.7. The molecule has 0 spiro atoms. The van der Waals surface area contributed by atoms with Crippen LogP contribution in [0.5, 0.6) is 0 Å². The van der Waals surface area contributed by atoms with Crippen molar-refractivity contribution in [1.82, 2.24) is 9.97 Å². The van der Waals surface area contributed by atoms with E-state index in [0.29, 0.717) is 15.4 Å². The van der Waals surface area contributed by atoms with Crippen molar-refractivity contribution in [3.63, 3.8) is 0 Å². The fourth-order valence-electron chi connectivity index (χ4n) is 3.65. The number of aryl methyl sites for hydroxylation is 1. The number of carbonyl (C=O) groups excluding carboxylic acids is 1. The second kappa shape index (κ2) is 8.49. The zero-order chi connectivity index (χ0) is 19.5. The van der Waals surface area contributed by atoms with E-state index in [-0.39, 0.29) is 23.4 Å². The maximum atomic E-state index is 12.8. The molecule has 0 atom stereocenters. The van der Waals surface area contributed by atoms with Crippen molar-refractivity contribution in [3.05, 3.63) is 45.6 Å². The Morgan fingerprint density at radius 2 is 2.00 bits per heavy atom. The molecule has 4 rings (SSSR count). The Morgan fingerprint density at radius 1 is 1.25 bits per heavy atom. The Balaban J connectivity index is 1.52. The molecule has 7 heteroatoms. The van der Waals surface area contributed by atoms with E-state index in [0.717, 1.165) is 41.7 Å². The van der Waals surface area contributed by atoms with Crippen LogP contribution in [0.1, 0.15) is 37.0 Å². The number of H-pyrrole nitrogens is 1. The quantitative estimate of drug-likeness (QED) is 0.364. The first-order chi connectivity index (χ1) is 13.6. The summed E-state index contributed by atoms with van der Waals surface area (Å²) in [6.45, 7) is 2.00. The molecule has 0 amide bonds. The Bertz CT molecular complexity index is 1040. The van der Waals surface area contributed by atoms with Crippen LogP contribution in [-0.2, 0) is 9.53 Å². The van der Waals surface area contributed by atoms with Crippen molar-refractivity contribution >= 4 is 39.3 Å². The van der Waals surface area contributed by atoms with Gasteiger partial charge in [-0.1, -0.05) is 48.5 Å². The van der Waals surface area contributed by atoms with Gasteiger partial charge in [0.2, 0.25) is 0 Å². The van der Waals surface area contributed by atoms with Gasteiger partial charge in [0.15, 0.2) is 5.16 Å². The highest BCUT2D eigenvalue weighted by Crippen LogP contribution is 2.35. The summed E-state index contributed by atoms with van der Waals surface area (Å²) in [7, 11) is 0. The van der Waals surface area contributed by atoms with Crippen molar-refractivity contribution in [2.45, 2.75) is 50.3 Å². The van der Waals surface area contributed by atoms with Gasteiger partial charge in [-0.05, 0) is 38.2 Å². The second-order valence-corrected chi connectivity index (χ2v) is 9.16. The smallest absolute Gasteiger partial charge is 0.316 e. The minimum absolute atomic E-state index is 0.0460. The summed E-state index contributed by atoms with van der Waals surface area (Å²) in [5.41, 5.74) is 1.77. The van der Waals surface area contributed by atoms with E-state index < -0.39 is 0 Å². The highest BCUT2D eigenvalue weighted by Gasteiger charge is 2.19. The highest BCUT2D eigenvalue weighted by atomic mass is 32.2. The first-order valence-electron chi connectivity index (χ1n) is 9.53. The number of nitrogens with zero attached hydrogens (tertiary/aromatic N) is 1. The molecule has 1 aliphatic rings. The van der Waals surface area contributed by atoms with Gasteiger partial charge in [-0.15, -0.1) is 11.3 Å². The van der Waals surface area contributed by atoms with Crippen molar-refractivity contribution in [2.75, 3.05) is 5.75 Å². The molecule has 1 aliphatic carbocycles. The van der Waals surface area contributed by atoms with E-state index in [1.807, 2.05) is 37.3 Å². The van der Waals surface area contributed by atoms with Crippen LogP contribution in [0, 0.1) is 6.92 Å². The van der Waals surface area contributed by atoms with Gasteiger partial charge in [0.25, 0.3) is 5.56 Å². The summed E-state index contributed by atoms with van der Waals surface area (Å²) in [6.07, 6.45) is 5.42. The molecule has 2 aromatic heterocycles. The monoisotopic (exact) mass is 414 g/mol. The number of rotatable bonds is 5. The third-order valence-electron chi connectivity index (χ3n) is 4.96. The van der Waals surface area contributed by atoms with Crippen molar-refractivity contribution in [2.24, 2.45) is 0 Å². The molecule has 28 heavy (non-hydrogen) atoms. The first kappa shape index (κ1) is 19.2. The second-order valence-electron chi connectivity index (χ2n) is 6.99. The number of aromatic amines is 1. The molecule has 1 saturated carbocycles. The number of aromatic nitrogens is 2.